The average molecular weight is 545 g/mol. The van der Waals surface area contributed by atoms with Crippen molar-refractivity contribution >= 4 is 5.91 Å². The standard InChI is InChI=1S/C20H30N4O.C7H12O.3C2H6/c1-4-6-18(9-13-21-3)8-7-17(2)20(25)23-15-10-19(11-16-23)24-14-5-12-22-24;1-3-5-7(4-2)6-8;3*1-2/h4-8,12,14,19,21H,9-11,13,15-16H2,1-3H3;3-4,7-8H,1-2,5-6H2;3*1-2H3/b6-4-,17-7+,18-8+;;;;. The first kappa shape index (κ1) is 40.8. The molecule has 1 aliphatic heterocycles. The molecule has 39 heavy (non-hydrogen) atoms. The number of likely N-dealkylation sites (tertiary alicyclic amines) is 1. The second-order valence-electron chi connectivity index (χ2n) is 8.16. The maximum Gasteiger partial charge on any atom is 0.249 e. The Labute approximate surface area is 241 Å². The van der Waals surface area contributed by atoms with Gasteiger partial charge >= 0.3 is 0 Å². The summed E-state index contributed by atoms with van der Waals surface area (Å²) in [5, 5.41) is 16.0. The molecule has 0 aromatic carbocycles. The molecule has 1 amide bonds. The lowest BCUT2D eigenvalue weighted by atomic mass is 10.0. The summed E-state index contributed by atoms with van der Waals surface area (Å²) in [7, 11) is 1.95. The number of aliphatic hydroxyl groups is 1. The Morgan fingerprint density at radius 2 is 1.74 bits per heavy atom. The molecule has 0 spiro atoms. The third-order valence-electron chi connectivity index (χ3n) is 5.62. The molecule has 0 bridgehead atoms. The molecule has 0 saturated carbocycles. The van der Waals surface area contributed by atoms with E-state index in [4.69, 9.17) is 5.11 Å². The van der Waals surface area contributed by atoms with E-state index in [9.17, 15) is 4.79 Å². The highest BCUT2D eigenvalue weighted by molar-refractivity contribution is 5.93. The van der Waals surface area contributed by atoms with E-state index >= 15 is 0 Å². The van der Waals surface area contributed by atoms with Crippen molar-refractivity contribution in [3.63, 3.8) is 0 Å². The normalized spacial score (nSPS) is 14.3. The van der Waals surface area contributed by atoms with Crippen molar-refractivity contribution < 1.29 is 9.90 Å². The lowest BCUT2D eigenvalue weighted by Crippen LogP contribution is -2.39. The number of aliphatic hydroxyl groups excluding tert-OH is 1. The van der Waals surface area contributed by atoms with E-state index in [2.05, 4.69) is 35.7 Å². The van der Waals surface area contributed by atoms with Crippen LogP contribution in [0, 0.1) is 5.92 Å². The van der Waals surface area contributed by atoms with Crippen LogP contribution in [0.5, 0.6) is 0 Å². The van der Waals surface area contributed by atoms with Gasteiger partial charge in [-0.15, -0.1) is 13.2 Å². The van der Waals surface area contributed by atoms with E-state index in [-0.39, 0.29) is 18.4 Å². The number of rotatable bonds is 11. The molecular weight excluding hydrogens is 484 g/mol. The first-order chi connectivity index (χ1) is 19.0. The van der Waals surface area contributed by atoms with E-state index < -0.39 is 0 Å². The Morgan fingerprint density at radius 3 is 2.15 bits per heavy atom. The Balaban J connectivity index is -0.000000779. The van der Waals surface area contributed by atoms with Gasteiger partial charge in [-0.25, -0.2) is 0 Å². The lowest BCUT2D eigenvalue weighted by molar-refractivity contribution is -0.128. The van der Waals surface area contributed by atoms with Crippen molar-refractivity contribution in [3.05, 3.63) is 79.2 Å². The summed E-state index contributed by atoms with van der Waals surface area (Å²) >= 11 is 0. The molecule has 1 aromatic rings. The van der Waals surface area contributed by atoms with E-state index in [1.54, 1.807) is 12.2 Å². The van der Waals surface area contributed by atoms with Crippen LogP contribution in [0.4, 0.5) is 0 Å². The first-order valence-corrected chi connectivity index (χ1v) is 14.8. The van der Waals surface area contributed by atoms with Crippen LogP contribution in [-0.2, 0) is 4.79 Å². The summed E-state index contributed by atoms with van der Waals surface area (Å²) < 4.78 is 2.01. The van der Waals surface area contributed by atoms with Crippen LogP contribution in [-0.4, -0.2) is 59.0 Å². The second-order valence-corrected chi connectivity index (χ2v) is 8.16. The first-order valence-electron chi connectivity index (χ1n) is 14.8. The average Bonchev–Trinajstić information content (AvgIpc) is 3.55. The van der Waals surface area contributed by atoms with Gasteiger partial charge in [-0.1, -0.05) is 78.0 Å². The highest BCUT2D eigenvalue weighted by atomic mass is 16.3. The van der Waals surface area contributed by atoms with Crippen molar-refractivity contribution in [3.8, 4) is 0 Å². The predicted molar refractivity (Wildman–Crippen MR) is 172 cm³/mol. The van der Waals surface area contributed by atoms with Gasteiger partial charge in [-0.2, -0.15) is 5.10 Å². The van der Waals surface area contributed by atoms with E-state index in [0.717, 1.165) is 50.9 Å². The number of hydrogen-bond donors (Lipinski definition) is 2. The number of allylic oxidation sites excluding steroid dienone is 5. The Bertz CT molecular complexity index is 787. The number of nitrogens with one attached hydrogen (secondary N) is 1. The predicted octanol–water partition coefficient (Wildman–Crippen LogP) is 7.54. The Kier molecular flexibility index (Phi) is 31.2. The summed E-state index contributed by atoms with van der Waals surface area (Å²) in [6.45, 7) is 25.7. The maximum absolute atomic E-state index is 12.7. The van der Waals surface area contributed by atoms with Crippen molar-refractivity contribution in [1.29, 1.82) is 0 Å². The third-order valence-corrected chi connectivity index (χ3v) is 5.62. The Morgan fingerprint density at radius 1 is 1.13 bits per heavy atom. The van der Waals surface area contributed by atoms with Crippen LogP contribution in [0.25, 0.3) is 0 Å². The SMILES string of the molecule is C=CCC(C=C)CO.CC.CC.CC.C\C=C/C(=C\C=C(/C)C(=O)N1CCC(n2cccn2)CC1)CCNC. The van der Waals surface area contributed by atoms with Gasteiger partial charge in [0.25, 0.3) is 0 Å². The Hall–Kier alpha value is -2.70. The zero-order chi connectivity index (χ0) is 30.5. The van der Waals surface area contributed by atoms with Crippen molar-refractivity contribution in [2.75, 3.05) is 33.3 Å². The molecule has 6 nitrogen and oxygen atoms in total. The zero-order valence-electron chi connectivity index (χ0n) is 26.6. The minimum atomic E-state index is 0.142. The van der Waals surface area contributed by atoms with Crippen LogP contribution >= 0.6 is 0 Å². The van der Waals surface area contributed by atoms with E-state index in [1.807, 2.05) is 103 Å². The minimum absolute atomic E-state index is 0.142. The molecule has 1 aromatic heterocycles. The number of hydrogen-bond acceptors (Lipinski definition) is 4. The topological polar surface area (TPSA) is 70.4 Å². The molecule has 0 aliphatic carbocycles. The van der Waals surface area contributed by atoms with Gasteiger partial charge in [0.2, 0.25) is 5.91 Å². The summed E-state index contributed by atoms with van der Waals surface area (Å²) in [4.78, 5) is 14.6. The van der Waals surface area contributed by atoms with Gasteiger partial charge in [0.15, 0.2) is 0 Å². The highest BCUT2D eigenvalue weighted by Gasteiger charge is 2.24. The number of piperidine rings is 1. The number of aromatic nitrogens is 2. The van der Waals surface area contributed by atoms with E-state index in [1.165, 1.54) is 5.57 Å². The van der Waals surface area contributed by atoms with Gasteiger partial charge in [0.05, 0.1) is 6.04 Å². The van der Waals surface area contributed by atoms with Gasteiger partial charge < -0.3 is 15.3 Å². The fourth-order valence-electron chi connectivity index (χ4n) is 3.55. The summed E-state index contributed by atoms with van der Waals surface area (Å²) in [6.07, 6.45) is 19.2. The molecular formula is C33H60N4O2. The largest absolute Gasteiger partial charge is 0.396 e. The van der Waals surface area contributed by atoms with Crippen molar-refractivity contribution in [2.45, 2.75) is 87.1 Å². The van der Waals surface area contributed by atoms with Crippen molar-refractivity contribution in [2.24, 2.45) is 5.92 Å². The van der Waals surface area contributed by atoms with Gasteiger partial charge in [0, 0.05) is 43.6 Å². The molecule has 1 unspecified atom stereocenters. The maximum atomic E-state index is 12.7. The van der Waals surface area contributed by atoms with Gasteiger partial charge in [0.1, 0.15) is 0 Å². The molecule has 0 radical (unpaired) electrons. The molecule has 1 fully saturated rings. The lowest BCUT2D eigenvalue weighted by Gasteiger charge is -2.32. The van der Waals surface area contributed by atoms with Crippen molar-refractivity contribution in [1.82, 2.24) is 20.0 Å². The van der Waals surface area contributed by atoms with Crippen LogP contribution in [0.1, 0.15) is 87.1 Å². The molecule has 224 valence electrons. The number of nitrogens with zero attached hydrogens (tertiary/aromatic N) is 3. The molecule has 1 atom stereocenters. The number of amides is 1. The van der Waals surface area contributed by atoms with Crippen LogP contribution in [0.3, 0.4) is 0 Å². The number of carbonyl (C=O) groups is 1. The molecule has 2 N–H and O–H groups in total. The molecule has 6 heteroatoms. The molecule has 1 saturated heterocycles. The molecule has 2 heterocycles. The quantitative estimate of drug-likeness (QED) is 0.171. The van der Waals surface area contributed by atoms with E-state index in [0.29, 0.717) is 6.04 Å². The monoisotopic (exact) mass is 544 g/mol. The second kappa shape index (κ2) is 29.9. The number of carbonyl (C=O) groups excluding carboxylic acids is 1. The highest BCUT2D eigenvalue weighted by Crippen LogP contribution is 2.22. The fraction of sp³-hybridized carbons (Fsp3) is 0.576. The van der Waals surface area contributed by atoms with Crippen LogP contribution < -0.4 is 5.32 Å². The summed E-state index contributed by atoms with van der Waals surface area (Å²) in [6, 6.07) is 2.36. The van der Waals surface area contributed by atoms with Crippen LogP contribution in [0.15, 0.2) is 79.2 Å². The zero-order valence-corrected chi connectivity index (χ0v) is 26.6. The molecule has 2 rings (SSSR count). The minimum Gasteiger partial charge on any atom is -0.396 e. The summed E-state index contributed by atoms with van der Waals surface area (Å²) in [5.41, 5.74) is 2.02. The van der Waals surface area contributed by atoms with Crippen LogP contribution in [0.2, 0.25) is 0 Å². The smallest absolute Gasteiger partial charge is 0.249 e. The summed E-state index contributed by atoms with van der Waals surface area (Å²) in [5.74, 6) is 0.344. The molecule has 1 aliphatic rings. The van der Waals surface area contributed by atoms with Gasteiger partial charge in [-0.05, 0) is 64.8 Å². The van der Waals surface area contributed by atoms with Gasteiger partial charge in [-0.3, -0.25) is 9.48 Å². The fourth-order valence-corrected chi connectivity index (χ4v) is 3.55. The third kappa shape index (κ3) is 19.1.